The molecular formula is C11H14O2PSe. The van der Waals surface area contributed by atoms with E-state index in [0.717, 1.165) is 22.0 Å². The molecular weight excluding hydrogens is 274 g/mol. The van der Waals surface area contributed by atoms with Crippen LogP contribution in [-0.2, 0) is 10.1 Å². The van der Waals surface area contributed by atoms with Crippen molar-refractivity contribution < 1.29 is 9.53 Å². The van der Waals surface area contributed by atoms with E-state index in [2.05, 4.69) is 13.6 Å². The first-order valence-corrected chi connectivity index (χ1v) is 8.76. The van der Waals surface area contributed by atoms with Gasteiger partial charge in [0.2, 0.25) is 0 Å². The van der Waals surface area contributed by atoms with Crippen molar-refractivity contribution in [1.82, 2.24) is 0 Å². The summed E-state index contributed by atoms with van der Waals surface area (Å²) in [4.78, 5) is 11.6. The van der Waals surface area contributed by atoms with Crippen molar-refractivity contribution in [2.45, 2.75) is 19.2 Å². The summed E-state index contributed by atoms with van der Waals surface area (Å²) >= 11 is 0.336. The standard InChI is InChI=1S/C11H14O2PSe/c1-7-4-8(2)10(11(12)13-3)9(5-7)6-15-14/h4-5,14H,6H2,1-3H3. The molecule has 1 aromatic rings. The summed E-state index contributed by atoms with van der Waals surface area (Å²) in [5.74, 6) is -0.238. The van der Waals surface area contributed by atoms with Crippen LogP contribution in [0.2, 0.25) is 0 Å². The number of benzene rings is 1. The molecule has 1 radical (unpaired) electrons. The molecule has 0 N–H and O–H groups in total. The van der Waals surface area contributed by atoms with Gasteiger partial charge in [0.1, 0.15) is 0 Å². The van der Waals surface area contributed by atoms with Gasteiger partial charge in [0, 0.05) is 0 Å². The van der Waals surface area contributed by atoms with Crippen molar-refractivity contribution in [3.63, 3.8) is 0 Å². The normalized spacial score (nSPS) is 9.80. The van der Waals surface area contributed by atoms with Crippen molar-refractivity contribution >= 4 is 27.5 Å². The van der Waals surface area contributed by atoms with Crippen molar-refractivity contribution in [2.24, 2.45) is 0 Å². The van der Waals surface area contributed by atoms with Gasteiger partial charge in [0.25, 0.3) is 0 Å². The third kappa shape index (κ3) is 2.98. The van der Waals surface area contributed by atoms with Crippen molar-refractivity contribution in [3.8, 4) is 0 Å². The van der Waals surface area contributed by atoms with Gasteiger partial charge in [-0.2, -0.15) is 0 Å². The Hall–Kier alpha value is -0.491. The number of rotatable bonds is 3. The zero-order chi connectivity index (χ0) is 11.4. The number of hydrogen-bond donors (Lipinski definition) is 0. The second-order valence-corrected chi connectivity index (χ2v) is 6.11. The Balaban J connectivity index is 3.32. The van der Waals surface area contributed by atoms with Crippen LogP contribution in [0.25, 0.3) is 0 Å². The Morgan fingerprint density at radius 1 is 1.47 bits per heavy atom. The molecule has 0 fully saturated rings. The van der Waals surface area contributed by atoms with Gasteiger partial charge in [-0.15, -0.1) is 0 Å². The second kappa shape index (κ2) is 5.55. The fourth-order valence-corrected chi connectivity index (χ4v) is 3.25. The molecule has 0 bridgehead atoms. The van der Waals surface area contributed by atoms with Gasteiger partial charge >= 0.3 is 97.7 Å². The van der Waals surface area contributed by atoms with Crippen LogP contribution in [0, 0.1) is 13.8 Å². The first-order valence-electron chi connectivity index (χ1n) is 4.57. The number of carbonyl (C=O) groups excluding carboxylic acids is 1. The summed E-state index contributed by atoms with van der Waals surface area (Å²) in [6.07, 6.45) is 0. The molecule has 0 amide bonds. The zero-order valence-electron chi connectivity index (χ0n) is 9.09. The average molecular weight is 288 g/mol. The molecule has 0 saturated heterocycles. The maximum absolute atomic E-state index is 11.6. The average Bonchev–Trinajstić information content (AvgIpc) is 2.16. The number of esters is 1. The Labute approximate surface area is 97.8 Å². The van der Waals surface area contributed by atoms with Crippen molar-refractivity contribution in [1.29, 1.82) is 0 Å². The molecule has 0 aliphatic rings. The van der Waals surface area contributed by atoms with Crippen LogP contribution in [-0.4, -0.2) is 27.1 Å². The van der Waals surface area contributed by atoms with Crippen LogP contribution in [0.1, 0.15) is 27.0 Å². The molecule has 2 nitrogen and oxygen atoms in total. The van der Waals surface area contributed by atoms with E-state index >= 15 is 0 Å². The van der Waals surface area contributed by atoms with E-state index < -0.39 is 0 Å². The summed E-state index contributed by atoms with van der Waals surface area (Å²) in [5, 5.41) is 0.900. The zero-order valence-corrected chi connectivity index (χ0v) is 11.8. The van der Waals surface area contributed by atoms with Gasteiger partial charge in [0.05, 0.1) is 0 Å². The first-order chi connectivity index (χ1) is 7.10. The van der Waals surface area contributed by atoms with Crippen LogP contribution in [0.5, 0.6) is 0 Å². The molecule has 0 atom stereocenters. The van der Waals surface area contributed by atoms with Crippen molar-refractivity contribution in [2.75, 3.05) is 7.11 Å². The van der Waals surface area contributed by atoms with Crippen LogP contribution < -0.4 is 0 Å². The fourth-order valence-electron chi connectivity index (χ4n) is 1.64. The quantitative estimate of drug-likeness (QED) is 0.485. The van der Waals surface area contributed by atoms with Gasteiger partial charge in [-0.3, -0.25) is 0 Å². The minimum atomic E-state index is -0.238. The Bertz CT molecular complexity index is 402. The number of methoxy groups -OCH3 is 1. The molecule has 0 aromatic heterocycles. The third-order valence-electron chi connectivity index (χ3n) is 2.18. The molecule has 0 unspecified atom stereocenters. The maximum atomic E-state index is 11.6. The van der Waals surface area contributed by atoms with Gasteiger partial charge in [-0.05, 0) is 0 Å². The van der Waals surface area contributed by atoms with Crippen LogP contribution in [0.15, 0.2) is 12.1 Å². The summed E-state index contributed by atoms with van der Waals surface area (Å²) in [6.45, 7) is 3.99. The topological polar surface area (TPSA) is 26.3 Å². The third-order valence-corrected chi connectivity index (χ3v) is 3.88. The Kier molecular flexibility index (Phi) is 4.66. The number of carbonyl (C=O) groups is 1. The van der Waals surface area contributed by atoms with Crippen LogP contribution >= 0.6 is 7.49 Å². The number of hydrogen-bond acceptors (Lipinski definition) is 2. The predicted octanol–water partition coefficient (Wildman–Crippen LogP) is 2.35. The Morgan fingerprint density at radius 2 is 2.13 bits per heavy atom. The number of ether oxygens (including phenoxy) is 1. The van der Waals surface area contributed by atoms with E-state index in [1.165, 1.54) is 12.7 Å². The SMILES string of the molecule is COC(=O)c1c(C)cc(C)cc1C[Se]=P. The molecule has 1 rings (SSSR count). The summed E-state index contributed by atoms with van der Waals surface area (Å²) in [5.41, 5.74) is 3.98. The van der Waals surface area contributed by atoms with E-state index in [0.29, 0.717) is 14.0 Å². The molecule has 0 aliphatic heterocycles. The van der Waals surface area contributed by atoms with Gasteiger partial charge in [-0.1, -0.05) is 0 Å². The van der Waals surface area contributed by atoms with E-state index in [9.17, 15) is 4.79 Å². The molecule has 81 valence electrons. The molecule has 0 spiro atoms. The van der Waals surface area contributed by atoms with E-state index in [4.69, 9.17) is 4.74 Å². The predicted molar refractivity (Wildman–Crippen MR) is 65.0 cm³/mol. The molecule has 0 aliphatic carbocycles. The summed E-state index contributed by atoms with van der Waals surface area (Å²) < 4.78 is 4.80. The van der Waals surface area contributed by atoms with Gasteiger partial charge in [0.15, 0.2) is 0 Å². The van der Waals surface area contributed by atoms with Crippen LogP contribution in [0.4, 0.5) is 0 Å². The van der Waals surface area contributed by atoms with Gasteiger partial charge < -0.3 is 0 Å². The molecule has 4 heteroatoms. The van der Waals surface area contributed by atoms with E-state index in [1.54, 1.807) is 0 Å². The first kappa shape index (κ1) is 12.6. The van der Waals surface area contributed by atoms with Crippen LogP contribution in [0.3, 0.4) is 0 Å². The molecule has 0 saturated carbocycles. The molecule has 15 heavy (non-hydrogen) atoms. The Morgan fingerprint density at radius 3 is 2.67 bits per heavy atom. The second-order valence-electron chi connectivity index (χ2n) is 3.40. The summed E-state index contributed by atoms with van der Waals surface area (Å²) in [6, 6.07) is 4.07. The number of aryl methyl sites for hydroxylation is 2. The summed E-state index contributed by atoms with van der Waals surface area (Å²) in [7, 11) is 4.92. The molecule has 1 aromatic carbocycles. The molecule has 0 heterocycles. The van der Waals surface area contributed by atoms with E-state index in [1.807, 2.05) is 19.9 Å². The monoisotopic (exact) mass is 289 g/mol. The van der Waals surface area contributed by atoms with Gasteiger partial charge in [-0.25, -0.2) is 0 Å². The van der Waals surface area contributed by atoms with E-state index in [-0.39, 0.29) is 5.97 Å². The fraction of sp³-hybridized carbons (Fsp3) is 0.364. The van der Waals surface area contributed by atoms with Crippen molar-refractivity contribution in [3.05, 3.63) is 34.4 Å². The minimum absolute atomic E-state index is 0.238.